The summed E-state index contributed by atoms with van der Waals surface area (Å²) in [6.07, 6.45) is 1.61. The number of hydrogen-bond donors (Lipinski definition) is 1. The van der Waals surface area contributed by atoms with Crippen LogP contribution < -0.4 is 5.32 Å². The number of rotatable bonds is 4. The highest BCUT2D eigenvalue weighted by Gasteiger charge is 2.20. The maximum absolute atomic E-state index is 11.0. The van der Waals surface area contributed by atoms with Gasteiger partial charge in [-0.25, -0.2) is 4.98 Å². The molecule has 0 atom stereocenters. The number of aryl methyl sites for hydroxylation is 1. The molecule has 2 rings (SSSR count). The monoisotopic (exact) mass is 247 g/mol. The van der Waals surface area contributed by atoms with Crippen molar-refractivity contribution in [2.75, 3.05) is 12.4 Å². The Hall–Kier alpha value is -2.44. The van der Waals surface area contributed by atoms with E-state index in [4.69, 9.17) is 0 Å². The third-order valence-electron chi connectivity index (χ3n) is 2.59. The van der Waals surface area contributed by atoms with E-state index in [0.717, 1.165) is 0 Å². The minimum Gasteiger partial charge on any atom is -0.373 e. The highest BCUT2D eigenvalue weighted by atomic mass is 16.6. The zero-order chi connectivity index (χ0) is 13.1. The van der Waals surface area contributed by atoms with E-state index < -0.39 is 4.92 Å². The van der Waals surface area contributed by atoms with Gasteiger partial charge in [0.1, 0.15) is 5.82 Å². The normalized spacial score (nSPS) is 10.3. The lowest BCUT2D eigenvalue weighted by Gasteiger charge is -2.07. The van der Waals surface area contributed by atoms with Crippen molar-refractivity contribution in [2.45, 2.75) is 13.5 Å². The van der Waals surface area contributed by atoms with Crippen LogP contribution in [0.5, 0.6) is 0 Å². The molecule has 94 valence electrons. The summed E-state index contributed by atoms with van der Waals surface area (Å²) in [7, 11) is 1.72. The number of pyridine rings is 1. The van der Waals surface area contributed by atoms with Gasteiger partial charge in [-0.1, -0.05) is 0 Å². The van der Waals surface area contributed by atoms with Gasteiger partial charge in [0.15, 0.2) is 5.69 Å². The minimum atomic E-state index is -0.436. The minimum absolute atomic E-state index is 0.0239. The van der Waals surface area contributed by atoms with Crippen molar-refractivity contribution in [2.24, 2.45) is 0 Å². The van der Waals surface area contributed by atoms with E-state index in [9.17, 15) is 10.1 Å². The Morgan fingerprint density at radius 2 is 2.22 bits per heavy atom. The summed E-state index contributed by atoms with van der Waals surface area (Å²) in [5.74, 6) is 0.583. The van der Waals surface area contributed by atoms with Gasteiger partial charge < -0.3 is 5.32 Å². The zero-order valence-electron chi connectivity index (χ0n) is 10.1. The van der Waals surface area contributed by atoms with Crippen LogP contribution in [0.1, 0.15) is 6.92 Å². The third kappa shape index (κ3) is 2.02. The van der Waals surface area contributed by atoms with Crippen LogP contribution in [0.2, 0.25) is 0 Å². The molecule has 1 N–H and O–H groups in total. The first kappa shape index (κ1) is 12.0. The maximum Gasteiger partial charge on any atom is 0.297 e. The first-order valence-corrected chi connectivity index (χ1v) is 5.52. The van der Waals surface area contributed by atoms with Gasteiger partial charge in [-0.3, -0.25) is 14.8 Å². The van der Waals surface area contributed by atoms with Crippen molar-refractivity contribution in [1.29, 1.82) is 0 Å². The molecule has 0 saturated carbocycles. The Morgan fingerprint density at radius 3 is 2.83 bits per heavy atom. The van der Waals surface area contributed by atoms with Crippen molar-refractivity contribution in [1.82, 2.24) is 14.8 Å². The van der Waals surface area contributed by atoms with Gasteiger partial charge in [0, 0.05) is 25.9 Å². The fourth-order valence-electron chi connectivity index (χ4n) is 1.71. The molecule has 0 amide bonds. The van der Waals surface area contributed by atoms with Gasteiger partial charge in [0.2, 0.25) is 0 Å². The molecule has 7 heteroatoms. The first-order valence-electron chi connectivity index (χ1n) is 5.52. The standard InChI is InChI=1S/C11H13N5O2/c1-3-15-8(6-7-13-15)11-9(16(17)18)4-5-10(12-2)14-11/h4-7H,3H2,1-2H3,(H,12,14). The van der Waals surface area contributed by atoms with Gasteiger partial charge in [-0.2, -0.15) is 5.10 Å². The lowest BCUT2D eigenvalue weighted by Crippen LogP contribution is -2.04. The number of aromatic nitrogens is 3. The molecule has 2 aromatic heterocycles. The molecular formula is C11H13N5O2. The Bertz CT molecular complexity index is 579. The third-order valence-corrected chi connectivity index (χ3v) is 2.59. The molecule has 7 nitrogen and oxygen atoms in total. The topological polar surface area (TPSA) is 85.9 Å². The molecule has 2 aromatic rings. The average Bonchev–Trinajstić information content (AvgIpc) is 2.85. The van der Waals surface area contributed by atoms with Gasteiger partial charge in [0.25, 0.3) is 5.69 Å². The van der Waals surface area contributed by atoms with E-state index in [2.05, 4.69) is 15.4 Å². The summed E-state index contributed by atoms with van der Waals surface area (Å²) in [5.41, 5.74) is 0.941. The van der Waals surface area contributed by atoms with Crippen molar-refractivity contribution in [3.63, 3.8) is 0 Å². The molecule has 0 aliphatic heterocycles. The quantitative estimate of drug-likeness (QED) is 0.658. The molecule has 0 aliphatic carbocycles. The van der Waals surface area contributed by atoms with Crippen LogP contribution in [-0.2, 0) is 6.54 Å². The molecule has 0 unspecified atom stereocenters. The van der Waals surface area contributed by atoms with E-state index >= 15 is 0 Å². The van der Waals surface area contributed by atoms with E-state index in [1.165, 1.54) is 6.07 Å². The largest absolute Gasteiger partial charge is 0.373 e. The Morgan fingerprint density at radius 1 is 1.44 bits per heavy atom. The summed E-state index contributed by atoms with van der Waals surface area (Å²) in [6.45, 7) is 2.55. The molecule has 0 bridgehead atoms. The molecule has 0 aliphatic rings. The van der Waals surface area contributed by atoms with Crippen molar-refractivity contribution in [3.8, 4) is 11.4 Å². The van der Waals surface area contributed by atoms with Gasteiger partial charge in [-0.15, -0.1) is 0 Å². The van der Waals surface area contributed by atoms with Gasteiger partial charge in [-0.05, 0) is 19.1 Å². The van der Waals surface area contributed by atoms with E-state index in [1.54, 1.807) is 30.1 Å². The second kappa shape index (κ2) is 4.82. The van der Waals surface area contributed by atoms with Crippen LogP contribution in [0.4, 0.5) is 11.5 Å². The lowest BCUT2D eigenvalue weighted by atomic mass is 10.2. The van der Waals surface area contributed by atoms with Crippen LogP contribution >= 0.6 is 0 Å². The molecular weight excluding hydrogens is 234 g/mol. The molecule has 0 saturated heterocycles. The lowest BCUT2D eigenvalue weighted by molar-refractivity contribution is -0.384. The highest BCUT2D eigenvalue weighted by molar-refractivity contribution is 5.68. The van der Waals surface area contributed by atoms with Crippen LogP contribution in [0.3, 0.4) is 0 Å². The highest BCUT2D eigenvalue weighted by Crippen LogP contribution is 2.28. The summed E-state index contributed by atoms with van der Waals surface area (Å²) in [4.78, 5) is 14.8. The predicted molar refractivity (Wildman–Crippen MR) is 67.3 cm³/mol. The summed E-state index contributed by atoms with van der Waals surface area (Å²) in [5, 5.41) is 18.0. The fourth-order valence-corrected chi connectivity index (χ4v) is 1.71. The van der Waals surface area contributed by atoms with E-state index in [-0.39, 0.29) is 5.69 Å². The first-order chi connectivity index (χ1) is 8.67. The van der Waals surface area contributed by atoms with Crippen LogP contribution in [0, 0.1) is 10.1 Å². The predicted octanol–water partition coefficient (Wildman–Crippen LogP) is 1.91. The molecule has 0 fully saturated rings. The molecule has 0 aromatic carbocycles. The number of nitro groups is 1. The molecule has 0 radical (unpaired) electrons. The Labute approximate surface area is 104 Å². The van der Waals surface area contributed by atoms with E-state index in [0.29, 0.717) is 23.8 Å². The average molecular weight is 247 g/mol. The SMILES string of the molecule is CCn1nccc1-c1nc(NC)ccc1[N+](=O)[O-]. The number of hydrogen-bond acceptors (Lipinski definition) is 5. The Balaban J connectivity index is 2.63. The molecule has 2 heterocycles. The van der Waals surface area contributed by atoms with Crippen molar-refractivity contribution in [3.05, 3.63) is 34.5 Å². The van der Waals surface area contributed by atoms with Crippen LogP contribution in [0.25, 0.3) is 11.4 Å². The molecule has 0 spiro atoms. The van der Waals surface area contributed by atoms with Gasteiger partial charge in [0.05, 0.1) is 10.6 Å². The van der Waals surface area contributed by atoms with Crippen LogP contribution in [0.15, 0.2) is 24.4 Å². The summed E-state index contributed by atoms with van der Waals surface area (Å²) in [6, 6.07) is 4.74. The Kier molecular flexibility index (Phi) is 3.22. The summed E-state index contributed by atoms with van der Waals surface area (Å²) >= 11 is 0. The van der Waals surface area contributed by atoms with E-state index in [1.807, 2.05) is 6.92 Å². The maximum atomic E-state index is 11.0. The second-order valence-electron chi connectivity index (χ2n) is 3.60. The van der Waals surface area contributed by atoms with Crippen molar-refractivity contribution >= 4 is 11.5 Å². The fraction of sp³-hybridized carbons (Fsp3) is 0.273. The smallest absolute Gasteiger partial charge is 0.297 e. The van der Waals surface area contributed by atoms with Crippen molar-refractivity contribution < 1.29 is 4.92 Å². The zero-order valence-corrected chi connectivity index (χ0v) is 10.1. The number of anilines is 1. The number of nitrogens with zero attached hydrogens (tertiary/aromatic N) is 4. The number of nitrogens with one attached hydrogen (secondary N) is 1. The second-order valence-corrected chi connectivity index (χ2v) is 3.60. The molecule has 18 heavy (non-hydrogen) atoms. The summed E-state index contributed by atoms with van der Waals surface area (Å²) < 4.78 is 1.68. The van der Waals surface area contributed by atoms with Gasteiger partial charge >= 0.3 is 0 Å². The van der Waals surface area contributed by atoms with Crippen LogP contribution in [-0.4, -0.2) is 26.7 Å².